The molecular weight excluding hydrogens is 434 g/mol. The van der Waals surface area contributed by atoms with Crippen molar-refractivity contribution in [2.45, 2.75) is 63.7 Å². The fourth-order valence-electron chi connectivity index (χ4n) is 6.11. The minimum atomic E-state index is -0.696. The first-order valence-corrected chi connectivity index (χ1v) is 12.5. The van der Waals surface area contributed by atoms with Crippen molar-refractivity contribution in [1.82, 2.24) is 5.32 Å². The van der Waals surface area contributed by atoms with Gasteiger partial charge in [0.1, 0.15) is 5.58 Å². The lowest BCUT2D eigenvalue weighted by atomic mass is 9.81. The molecule has 3 aliphatic rings. The summed E-state index contributed by atoms with van der Waals surface area (Å²) < 4.78 is 17.8. The maximum atomic E-state index is 13.4. The lowest BCUT2D eigenvalue weighted by molar-refractivity contribution is -0.167. The maximum absolute atomic E-state index is 13.4. The maximum Gasteiger partial charge on any atom is 0.286 e. The molecule has 2 saturated carbocycles. The Labute approximate surface area is 199 Å². The van der Waals surface area contributed by atoms with E-state index in [2.05, 4.69) is 5.32 Å². The van der Waals surface area contributed by atoms with Gasteiger partial charge in [-0.1, -0.05) is 18.6 Å². The quantitative estimate of drug-likeness (QED) is 0.612. The molecule has 0 radical (unpaired) electrons. The monoisotopic (exact) mass is 467 g/mol. The van der Waals surface area contributed by atoms with Crippen molar-refractivity contribution in [2.24, 2.45) is 17.8 Å². The summed E-state index contributed by atoms with van der Waals surface area (Å²) in [6, 6.07) is 7.33. The lowest BCUT2D eigenvalue weighted by Crippen LogP contribution is -2.43. The molecule has 7 nitrogen and oxygen atoms in total. The van der Waals surface area contributed by atoms with Crippen LogP contribution in [0.4, 0.5) is 0 Å². The minimum Gasteiger partial charge on any atom is -0.464 e. The van der Waals surface area contributed by atoms with E-state index in [4.69, 9.17) is 13.9 Å². The molecule has 2 aromatic rings. The standard InChI is InChI=1S/C27H33NO6/c1-2-32-27-18(7-5-11-29)20(21-15-33-23-8-4-3-6-19(23)25(21)30)14-24(34-27)26(31)28-22-13-16-9-10-17(22)12-16/h3-4,6,8,14-18,20,22,27,29H,2,5,7,9-13H2,1H3,(H,28,31). The number of allylic oxidation sites excluding steroid dienone is 1. The highest BCUT2D eigenvalue weighted by Crippen LogP contribution is 2.45. The highest BCUT2D eigenvalue weighted by Gasteiger charge is 2.43. The predicted octanol–water partition coefficient (Wildman–Crippen LogP) is 3.85. The topological polar surface area (TPSA) is 98.0 Å². The average molecular weight is 468 g/mol. The molecule has 2 fully saturated rings. The molecule has 5 rings (SSSR count). The number of hydrogen-bond donors (Lipinski definition) is 2. The van der Waals surface area contributed by atoms with Gasteiger partial charge in [0.05, 0.1) is 11.6 Å². The highest BCUT2D eigenvalue weighted by atomic mass is 16.7. The van der Waals surface area contributed by atoms with Gasteiger partial charge in [-0.05, 0) is 69.1 Å². The number of hydrogen-bond acceptors (Lipinski definition) is 6. The predicted molar refractivity (Wildman–Crippen MR) is 127 cm³/mol. The Hall–Kier alpha value is -2.64. The lowest BCUT2D eigenvalue weighted by Gasteiger charge is -2.37. The first-order chi connectivity index (χ1) is 16.6. The Kier molecular flexibility index (Phi) is 6.75. The molecule has 1 aromatic carbocycles. The van der Waals surface area contributed by atoms with Crippen molar-refractivity contribution in [3.63, 3.8) is 0 Å². The summed E-state index contributed by atoms with van der Waals surface area (Å²) in [6.45, 7) is 2.30. The van der Waals surface area contributed by atoms with Crippen LogP contribution in [0, 0.1) is 17.8 Å². The summed E-state index contributed by atoms with van der Waals surface area (Å²) in [5.74, 6) is 0.526. The number of amides is 1. The fourth-order valence-corrected chi connectivity index (χ4v) is 6.11. The van der Waals surface area contributed by atoms with E-state index in [1.807, 2.05) is 19.1 Å². The second-order valence-electron chi connectivity index (χ2n) is 9.80. The van der Waals surface area contributed by atoms with Crippen LogP contribution in [0.1, 0.15) is 56.9 Å². The third-order valence-corrected chi connectivity index (χ3v) is 7.76. The Balaban J connectivity index is 1.50. The van der Waals surface area contributed by atoms with Crippen LogP contribution in [0.3, 0.4) is 0 Å². The normalized spacial score (nSPS) is 30.2. The number of benzene rings is 1. The van der Waals surface area contributed by atoms with Crippen LogP contribution in [-0.4, -0.2) is 36.6 Å². The Morgan fingerprint density at radius 2 is 2.09 bits per heavy atom. The summed E-state index contributed by atoms with van der Waals surface area (Å²) >= 11 is 0. The first-order valence-electron chi connectivity index (χ1n) is 12.5. The molecule has 2 N–H and O–H groups in total. The van der Waals surface area contributed by atoms with Crippen molar-refractivity contribution >= 4 is 16.9 Å². The van der Waals surface area contributed by atoms with E-state index in [9.17, 15) is 14.7 Å². The Bertz CT molecular complexity index is 1120. The number of rotatable bonds is 8. The fraction of sp³-hybridized carbons (Fsp3) is 0.556. The largest absolute Gasteiger partial charge is 0.464 e. The third-order valence-electron chi connectivity index (χ3n) is 7.76. The zero-order valence-corrected chi connectivity index (χ0v) is 19.6. The van der Waals surface area contributed by atoms with Crippen LogP contribution in [0.25, 0.3) is 11.0 Å². The van der Waals surface area contributed by atoms with Crippen LogP contribution in [0.2, 0.25) is 0 Å². The smallest absolute Gasteiger partial charge is 0.286 e. The van der Waals surface area contributed by atoms with Crippen molar-refractivity contribution in [1.29, 1.82) is 0 Å². The molecule has 7 heteroatoms. The van der Waals surface area contributed by atoms with Crippen molar-refractivity contribution in [3.8, 4) is 0 Å². The van der Waals surface area contributed by atoms with E-state index >= 15 is 0 Å². The third kappa shape index (κ3) is 4.39. The molecule has 6 atom stereocenters. The molecular formula is C27H33NO6. The number of para-hydroxylation sites is 1. The molecule has 182 valence electrons. The molecule has 34 heavy (non-hydrogen) atoms. The number of aliphatic hydroxyl groups excluding tert-OH is 1. The highest BCUT2D eigenvalue weighted by molar-refractivity contribution is 5.92. The van der Waals surface area contributed by atoms with Gasteiger partial charge in [-0.2, -0.15) is 0 Å². The van der Waals surface area contributed by atoms with E-state index in [1.54, 1.807) is 18.2 Å². The summed E-state index contributed by atoms with van der Waals surface area (Å²) in [5, 5.41) is 13.2. The Morgan fingerprint density at radius 1 is 1.24 bits per heavy atom. The second-order valence-corrected chi connectivity index (χ2v) is 9.80. The molecule has 1 aliphatic heterocycles. The van der Waals surface area contributed by atoms with Gasteiger partial charge in [0.25, 0.3) is 5.91 Å². The molecule has 0 saturated heterocycles. The number of fused-ring (bicyclic) bond motifs is 3. The van der Waals surface area contributed by atoms with Gasteiger partial charge in [-0.25, -0.2) is 0 Å². The SMILES string of the molecule is CCOC1OC(C(=O)NC2CC3CCC2C3)=CC(c2coc3ccccc3c2=O)C1CCCO. The minimum absolute atomic E-state index is 0.0235. The van der Waals surface area contributed by atoms with Crippen LogP contribution >= 0.6 is 0 Å². The van der Waals surface area contributed by atoms with Crippen LogP contribution in [0.15, 0.2) is 51.6 Å². The number of carbonyl (C=O) groups is 1. The van der Waals surface area contributed by atoms with Crippen LogP contribution < -0.4 is 10.7 Å². The summed E-state index contributed by atoms with van der Waals surface area (Å²) in [7, 11) is 0. The molecule has 0 spiro atoms. The van der Waals surface area contributed by atoms with E-state index in [0.29, 0.717) is 47.8 Å². The van der Waals surface area contributed by atoms with Gasteiger partial charge in [0.15, 0.2) is 11.2 Å². The molecule has 6 unspecified atom stereocenters. The summed E-state index contributed by atoms with van der Waals surface area (Å²) in [6.07, 6.45) is 8.31. The van der Waals surface area contributed by atoms with Gasteiger partial charge < -0.3 is 24.3 Å². The number of aliphatic hydroxyl groups is 1. The van der Waals surface area contributed by atoms with Gasteiger partial charge in [-0.15, -0.1) is 0 Å². The van der Waals surface area contributed by atoms with E-state index in [0.717, 1.165) is 6.42 Å². The van der Waals surface area contributed by atoms with E-state index in [-0.39, 0.29) is 35.7 Å². The van der Waals surface area contributed by atoms with Crippen LogP contribution in [0.5, 0.6) is 0 Å². The number of nitrogens with one attached hydrogen (secondary N) is 1. The van der Waals surface area contributed by atoms with Crippen molar-refractivity contribution in [2.75, 3.05) is 13.2 Å². The number of carbonyl (C=O) groups excluding carboxylic acids is 1. The Morgan fingerprint density at radius 3 is 2.82 bits per heavy atom. The van der Waals surface area contributed by atoms with Gasteiger partial charge >= 0.3 is 0 Å². The van der Waals surface area contributed by atoms with Gasteiger partial charge in [0.2, 0.25) is 6.29 Å². The van der Waals surface area contributed by atoms with Crippen molar-refractivity contribution < 1.29 is 23.8 Å². The zero-order valence-electron chi connectivity index (χ0n) is 19.6. The average Bonchev–Trinajstić information content (AvgIpc) is 3.47. The van der Waals surface area contributed by atoms with Gasteiger partial charge in [-0.3, -0.25) is 9.59 Å². The molecule has 1 amide bonds. The first kappa shape index (κ1) is 23.1. The summed E-state index contributed by atoms with van der Waals surface area (Å²) in [5.41, 5.74) is 0.872. The second kappa shape index (κ2) is 9.92. The van der Waals surface area contributed by atoms with Crippen LogP contribution in [-0.2, 0) is 14.3 Å². The molecule has 2 aliphatic carbocycles. The summed E-state index contributed by atoms with van der Waals surface area (Å²) in [4.78, 5) is 26.7. The molecule has 2 heterocycles. The van der Waals surface area contributed by atoms with E-state index in [1.165, 1.54) is 25.5 Å². The molecule has 1 aromatic heterocycles. The van der Waals surface area contributed by atoms with Gasteiger partial charge in [0, 0.05) is 36.7 Å². The number of ether oxygens (including phenoxy) is 2. The van der Waals surface area contributed by atoms with E-state index < -0.39 is 12.2 Å². The molecule has 2 bridgehead atoms. The van der Waals surface area contributed by atoms with Crippen molar-refractivity contribution in [3.05, 3.63) is 58.2 Å². The zero-order chi connectivity index (χ0) is 23.7.